The Labute approximate surface area is 162 Å². The van der Waals surface area contributed by atoms with Gasteiger partial charge in [-0.25, -0.2) is 9.38 Å². The summed E-state index contributed by atoms with van der Waals surface area (Å²) in [5, 5.41) is 2.56. The Bertz CT molecular complexity index is 873. The van der Waals surface area contributed by atoms with E-state index in [0.29, 0.717) is 16.5 Å². The third-order valence-corrected chi connectivity index (χ3v) is 5.48. The van der Waals surface area contributed by atoms with Gasteiger partial charge in [0.25, 0.3) is 0 Å². The first-order valence-corrected chi connectivity index (χ1v) is 9.43. The molecule has 8 heteroatoms. The number of halogens is 2. The molecule has 26 heavy (non-hydrogen) atoms. The molecule has 2 aromatic carbocycles. The van der Waals surface area contributed by atoms with Crippen molar-refractivity contribution in [3.8, 4) is 0 Å². The van der Waals surface area contributed by atoms with Crippen LogP contribution in [0.1, 0.15) is 6.42 Å². The van der Waals surface area contributed by atoms with Crippen LogP contribution >= 0.6 is 27.7 Å². The molecule has 1 saturated heterocycles. The van der Waals surface area contributed by atoms with Crippen molar-refractivity contribution >= 4 is 56.0 Å². The van der Waals surface area contributed by atoms with Crippen molar-refractivity contribution in [3.05, 3.63) is 58.8 Å². The predicted octanol–water partition coefficient (Wildman–Crippen LogP) is 4.18. The van der Waals surface area contributed by atoms with Crippen molar-refractivity contribution in [1.82, 2.24) is 4.90 Å². The van der Waals surface area contributed by atoms with Gasteiger partial charge < -0.3 is 5.32 Å². The molecule has 1 aliphatic rings. The van der Waals surface area contributed by atoms with Gasteiger partial charge >= 0.3 is 0 Å². The number of amides is 2. The molecule has 1 N–H and O–H groups in total. The van der Waals surface area contributed by atoms with Crippen LogP contribution in [0.15, 0.2) is 58.0 Å². The smallest absolute Gasteiger partial charge is 0.238 e. The fourth-order valence-corrected chi connectivity index (χ4v) is 3.64. The molecule has 0 aliphatic carbocycles. The Morgan fingerprint density at radius 1 is 1.31 bits per heavy atom. The maximum Gasteiger partial charge on any atom is 0.238 e. The number of benzene rings is 2. The molecule has 134 valence electrons. The molecule has 1 atom stereocenters. The first-order chi connectivity index (χ1) is 12.4. The number of carbonyl (C=O) groups excluding carboxylic acids is 2. The van der Waals surface area contributed by atoms with E-state index in [1.165, 1.54) is 28.8 Å². The van der Waals surface area contributed by atoms with Crippen LogP contribution in [0.4, 0.5) is 15.8 Å². The number of rotatable bonds is 3. The number of amidine groups is 1. The molecule has 0 aromatic heterocycles. The van der Waals surface area contributed by atoms with Gasteiger partial charge in [-0.3, -0.25) is 14.5 Å². The summed E-state index contributed by atoms with van der Waals surface area (Å²) in [6.45, 7) is 0. The standard InChI is InChI=1S/C18H15BrFN3O2S/c1-23-16(24)10-15(17(25)21-13-7-5-11(19)6-8-13)26-18(23)22-14-4-2-3-12(20)9-14/h2-9,15H,10H2,1H3,(H,21,25). The molecule has 1 unspecified atom stereocenters. The Morgan fingerprint density at radius 2 is 2.04 bits per heavy atom. The molecule has 1 aliphatic heterocycles. The average Bonchev–Trinajstić information content (AvgIpc) is 2.60. The molecule has 2 aromatic rings. The molecule has 0 bridgehead atoms. The highest BCUT2D eigenvalue weighted by Crippen LogP contribution is 2.29. The number of hydrogen-bond acceptors (Lipinski definition) is 4. The lowest BCUT2D eigenvalue weighted by molar-refractivity contribution is -0.128. The zero-order valence-electron chi connectivity index (χ0n) is 13.8. The maximum absolute atomic E-state index is 13.3. The summed E-state index contributed by atoms with van der Waals surface area (Å²) in [5.74, 6) is -0.897. The summed E-state index contributed by atoms with van der Waals surface area (Å²) in [7, 11) is 1.59. The molecule has 2 amide bonds. The van der Waals surface area contributed by atoms with Gasteiger partial charge in [0.2, 0.25) is 11.8 Å². The Balaban J connectivity index is 1.77. The van der Waals surface area contributed by atoms with E-state index in [9.17, 15) is 14.0 Å². The highest BCUT2D eigenvalue weighted by atomic mass is 79.9. The van der Waals surface area contributed by atoms with Crippen molar-refractivity contribution in [3.63, 3.8) is 0 Å². The Hall–Kier alpha value is -2.19. The Morgan fingerprint density at radius 3 is 2.73 bits per heavy atom. The number of nitrogens with one attached hydrogen (secondary N) is 1. The number of carbonyl (C=O) groups is 2. The number of hydrogen-bond donors (Lipinski definition) is 1. The second-order valence-electron chi connectivity index (χ2n) is 5.63. The number of nitrogens with zero attached hydrogens (tertiary/aromatic N) is 2. The fraction of sp³-hybridized carbons (Fsp3) is 0.167. The third kappa shape index (κ3) is 4.50. The quantitative estimate of drug-likeness (QED) is 0.786. The monoisotopic (exact) mass is 435 g/mol. The van der Waals surface area contributed by atoms with E-state index in [-0.39, 0.29) is 18.2 Å². The van der Waals surface area contributed by atoms with Gasteiger partial charge in [0, 0.05) is 23.6 Å². The minimum atomic E-state index is -0.602. The molecule has 1 heterocycles. The van der Waals surface area contributed by atoms with Gasteiger partial charge in [-0.1, -0.05) is 33.8 Å². The number of aliphatic imine (C=N–C) groups is 1. The zero-order valence-corrected chi connectivity index (χ0v) is 16.2. The first-order valence-electron chi connectivity index (χ1n) is 7.76. The molecule has 0 radical (unpaired) electrons. The predicted molar refractivity (Wildman–Crippen MR) is 105 cm³/mol. The molecular formula is C18H15BrFN3O2S. The van der Waals surface area contributed by atoms with Crippen LogP contribution in [0.5, 0.6) is 0 Å². The summed E-state index contributed by atoms with van der Waals surface area (Å²) < 4.78 is 14.3. The molecule has 0 saturated carbocycles. The van der Waals surface area contributed by atoms with Crippen LogP contribution < -0.4 is 5.32 Å². The van der Waals surface area contributed by atoms with E-state index >= 15 is 0 Å². The zero-order chi connectivity index (χ0) is 18.7. The largest absolute Gasteiger partial charge is 0.325 e. The SMILES string of the molecule is CN1C(=O)CC(C(=O)Nc2ccc(Br)cc2)SC1=Nc1cccc(F)c1. The molecular weight excluding hydrogens is 421 g/mol. The lowest BCUT2D eigenvalue weighted by Crippen LogP contribution is -2.43. The second kappa shape index (κ2) is 8.01. The van der Waals surface area contributed by atoms with E-state index in [0.717, 1.165) is 4.47 Å². The van der Waals surface area contributed by atoms with E-state index in [2.05, 4.69) is 26.2 Å². The van der Waals surface area contributed by atoms with Crippen LogP contribution in [0, 0.1) is 5.82 Å². The van der Waals surface area contributed by atoms with Crippen molar-refractivity contribution in [1.29, 1.82) is 0 Å². The van der Waals surface area contributed by atoms with Crippen LogP contribution in [0.25, 0.3) is 0 Å². The van der Waals surface area contributed by atoms with E-state index < -0.39 is 11.1 Å². The van der Waals surface area contributed by atoms with Crippen molar-refractivity contribution in [2.45, 2.75) is 11.7 Å². The second-order valence-corrected chi connectivity index (χ2v) is 7.72. The number of anilines is 1. The highest BCUT2D eigenvalue weighted by molar-refractivity contribution is 9.10. The average molecular weight is 436 g/mol. The first kappa shape index (κ1) is 18.6. The summed E-state index contributed by atoms with van der Waals surface area (Å²) in [6.07, 6.45) is 0.0751. The molecule has 0 spiro atoms. The van der Waals surface area contributed by atoms with Gasteiger partial charge in [0.1, 0.15) is 11.1 Å². The van der Waals surface area contributed by atoms with Crippen molar-refractivity contribution < 1.29 is 14.0 Å². The van der Waals surface area contributed by atoms with E-state index in [1.54, 1.807) is 31.3 Å². The van der Waals surface area contributed by atoms with Crippen LogP contribution in [-0.2, 0) is 9.59 Å². The summed E-state index contributed by atoms with van der Waals surface area (Å²) in [5.41, 5.74) is 1.04. The lowest BCUT2D eigenvalue weighted by atomic mass is 10.2. The van der Waals surface area contributed by atoms with Gasteiger partial charge in [0.05, 0.1) is 5.69 Å². The van der Waals surface area contributed by atoms with Gasteiger partial charge in [-0.15, -0.1) is 0 Å². The Kier molecular flexibility index (Phi) is 5.73. The normalized spacial score (nSPS) is 18.9. The summed E-state index contributed by atoms with van der Waals surface area (Å²) >= 11 is 4.52. The third-order valence-electron chi connectivity index (χ3n) is 3.71. The molecule has 5 nitrogen and oxygen atoms in total. The lowest BCUT2D eigenvalue weighted by Gasteiger charge is -2.28. The van der Waals surface area contributed by atoms with Crippen LogP contribution in [0.3, 0.4) is 0 Å². The minimum absolute atomic E-state index is 0.0751. The van der Waals surface area contributed by atoms with Crippen LogP contribution in [-0.4, -0.2) is 34.2 Å². The summed E-state index contributed by atoms with van der Waals surface area (Å²) in [4.78, 5) is 30.5. The fourth-order valence-electron chi connectivity index (χ4n) is 2.31. The van der Waals surface area contributed by atoms with Crippen molar-refractivity contribution in [2.75, 3.05) is 12.4 Å². The van der Waals surface area contributed by atoms with Crippen LogP contribution in [0.2, 0.25) is 0 Å². The van der Waals surface area contributed by atoms with Crippen molar-refractivity contribution in [2.24, 2.45) is 4.99 Å². The van der Waals surface area contributed by atoms with Gasteiger partial charge in [0.15, 0.2) is 5.17 Å². The molecule has 3 rings (SSSR count). The van der Waals surface area contributed by atoms with Gasteiger partial charge in [-0.2, -0.15) is 0 Å². The minimum Gasteiger partial charge on any atom is -0.325 e. The molecule has 1 fully saturated rings. The number of thioether (sulfide) groups is 1. The highest BCUT2D eigenvalue weighted by Gasteiger charge is 2.34. The van der Waals surface area contributed by atoms with E-state index in [4.69, 9.17) is 0 Å². The maximum atomic E-state index is 13.3. The van der Waals surface area contributed by atoms with Gasteiger partial charge in [-0.05, 0) is 42.5 Å². The topological polar surface area (TPSA) is 61.8 Å². The summed E-state index contributed by atoms with van der Waals surface area (Å²) in [6, 6.07) is 13.0. The van der Waals surface area contributed by atoms with E-state index in [1.807, 2.05) is 12.1 Å².